The van der Waals surface area contributed by atoms with E-state index >= 15 is 0 Å². The number of rotatable bonds is 11. The van der Waals surface area contributed by atoms with Crippen LogP contribution >= 0.6 is 0 Å². The highest BCUT2D eigenvalue weighted by Crippen LogP contribution is 2.02. The van der Waals surface area contributed by atoms with Crippen LogP contribution in [-0.2, 0) is 24.0 Å². The molecule has 11 heteroatoms. The summed E-state index contributed by atoms with van der Waals surface area (Å²) in [6, 6.07) is -4.33. The molecule has 0 aliphatic carbocycles. The largest absolute Gasteiger partial charge is 0.481 e. The molecule has 0 aromatic rings. The van der Waals surface area contributed by atoms with E-state index in [2.05, 4.69) is 16.0 Å². The average molecular weight is 388 g/mol. The second kappa shape index (κ2) is 11.1. The SMILES string of the molecule is CC(NC(=O)C(CCC(=O)O)NC(=O)C(C)NC(=O)C(N)C(C)C)C(=O)O. The number of hydrogen-bond donors (Lipinski definition) is 6. The number of nitrogens with one attached hydrogen (secondary N) is 3. The van der Waals surface area contributed by atoms with Crippen LogP contribution in [0.4, 0.5) is 0 Å². The van der Waals surface area contributed by atoms with Gasteiger partial charge in [0.25, 0.3) is 0 Å². The minimum atomic E-state index is -1.28. The highest BCUT2D eigenvalue weighted by atomic mass is 16.4. The van der Waals surface area contributed by atoms with Crippen molar-refractivity contribution in [2.45, 2.75) is 64.7 Å². The fourth-order valence-electron chi connectivity index (χ4n) is 1.89. The van der Waals surface area contributed by atoms with E-state index in [4.69, 9.17) is 15.9 Å². The van der Waals surface area contributed by atoms with E-state index in [0.717, 1.165) is 0 Å². The number of amides is 3. The predicted octanol–water partition coefficient (Wildman–Crippen LogP) is -1.59. The number of carboxylic acid groups (broad SMARTS) is 2. The molecule has 0 saturated carbocycles. The quantitative estimate of drug-likeness (QED) is 0.244. The monoisotopic (exact) mass is 388 g/mol. The first-order chi connectivity index (χ1) is 12.4. The van der Waals surface area contributed by atoms with E-state index in [-0.39, 0.29) is 12.3 Å². The second-order valence-electron chi connectivity index (χ2n) is 6.56. The molecule has 0 radical (unpaired) electrons. The van der Waals surface area contributed by atoms with E-state index in [1.54, 1.807) is 13.8 Å². The van der Waals surface area contributed by atoms with E-state index in [9.17, 15) is 24.0 Å². The van der Waals surface area contributed by atoms with Gasteiger partial charge in [0.15, 0.2) is 0 Å². The number of carbonyl (C=O) groups is 5. The summed E-state index contributed by atoms with van der Waals surface area (Å²) >= 11 is 0. The standard InChI is InChI=1S/C16H28N4O7/c1-7(2)12(17)15(25)18-8(3)13(23)20-10(5-6-11(21)22)14(24)19-9(4)16(26)27/h7-10,12H,5-6,17H2,1-4H3,(H,18,25)(H,19,24)(H,20,23)(H,21,22)(H,26,27). The van der Waals surface area contributed by atoms with Gasteiger partial charge < -0.3 is 31.9 Å². The van der Waals surface area contributed by atoms with Crippen molar-refractivity contribution in [1.82, 2.24) is 16.0 Å². The van der Waals surface area contributed by atoms with Gasteiger partial charge in [0.2, 0.25) is 17.7 Å². The Morgan fingerprint density at radius 2 is 1.33 bits per heavy atom. The van der Waals surface area contributed by atoms with Crippen molar-refractivity contribution in [3.05, 3.63) is 0 Å². The van der Waals surface area contributed by atoms with E-state index < -0.39 is 60.2 Å². The van der Waals surface area contributed by atoms with Gasteiger partial charge in [-0.25, -0.2) is 0 Å². The third-order valence-corrected chi connectivity index (χ3v) is 3.78. The summed E-state index contributed by atoms with van der Waals surface area (Å²) in [5.41, 5.74) is 5.69. The average Bonchev–Trinajstić information content (AvgIpc) is 2.56. The second-order valence-corrected chi connectivity index (χ2v) is 6.56. The van der Waals surface area contributed by atoms with Crippen LogP contribution in [-0.4, -0.2) is 64.0 Å². The van der Waals surface area contributed by atoms with Crippen molar-refractivity contribution >= 4 is 29.7 Å². The molecule has 4 atom stereocenters. The van der Waals surface area contributed by atoms with Crippen LogP contribution < -0.4 is 21.7 Å². The Morgan fingerprint density at radius 3 is 1.78 bits per heavy atom. The third kappa shape index (κ3) is 8.99. The lowest BCUT2D eigenvalue weighted by Gasteiger charge is -2.23. The molecule has 0 rings (SSSR count). The lowest BCUT2D eigenvalue weighted by Crippen LogP contribution is -2.56. The van der Waals surface area contributed by atoms with Gasteiger partial charge in [-0.3, -0.25) is 24.0 Å². The van der Waals surface area contributed by atoms with Gasteiger partial charge in [0.1, 0.15) is 18.1 Å². The molecule has 0 bridgehead atoms. The van der Waals surface area contributed by atoms with Gasteiger partial charge in [-0.2, -0.15) is 0 Å². The van der Waals surface area contributed by atoms with Gasteiger partial charge in [-0.15, -0.1) is 0 Å². The van der Waals surface area contributed by atoms with Crippen LogP contribution in [0.2, 0.25) is 0 Å². The first-order valence-electron chi connectivity index (χ1n) is 8.48. The van der Waals surface area contributed by atoms with Gasteiger partial charge in [0.05, 0.1) is 6.04 Å². The maximum Gasteiger partial charge on any atom is 0.325 e. The Hall–Kier alpha value is -2.69. The molecular formula is C16H28N4O7. The Balaban J connectivity index is 4.99. The lowest BCUT2D eigenvalue weighted by atomic mass is 10.0. The number of aliphatic carboxylic acids is 2. The minimum absolute atomic E-state index is 0.146. The highest BCUT2D eigenvalue weighted by Gasteiger charge is 2.28. The smallest absolute Gasteiger partial charge is 0.325 e. The van der Waals surface area contributed by atoms with Crippen LogP contribution in [0.1, 0.15) is 40.5 Å². The molecular weight excluding hydrogens is 360 g/mol. The summed E-state index contributed by atoms with van der Waals surface area (Å²) in [7, 11) is 0. The molecule has 0 saturated heterocycles. The normalized spacial score (nSPS) is 15.2. The number of carboxylic acids is 2. The van der Waals surface area contributed by atoms with Crippen LogP contribution in [0.5, 0.6) is 0 Å². The predicted molar refractivity (Wildman–Crippen MR) is 94.5 cm³/mol. The molecule has 0 aliphatic rings. The molecule has 0 aliphatic heterocycles. The fraction of sp³-hybridized carbons (Fsp3) is 0.688. The molecule has 4 unspecified atom stereocenters. The van der Waals surface area contributed by atoms with Crippen molar-refractivity contribution in [3.8, 4) is 0 Å². The van der Waals surface area contributed by atoms with Gasteiger partial charge in [-0.1, -0.05) is 13.8 Å². The van der Waals surface area contributed by atoms with E-state index in [1.165, 1.54) is 13.8 Å². The molecule has 11 nitrogen and oxygen atoms in total. The first-order valence-corrected chi connectivity index (χ1v) is 8.48. The van der Waals surface area contributed by atoms with Gasteiger partial charge in [0, 0.05) is 6.42 Å². The summed E-state index contributed by atoms with van der Waals surface area (Å²) in [5.74, 6) is -4.72. The Bertz CT molecular complexity index is 579. The van der Waals surface area contributed by atoms with E-state index in [0.29, 0.717) is 0 Å². The Morgan fingerprint density at radius 1 is 0.815 bits per heavy atom. The summed E-state index contributed by atoms with van der Waals surface area (Å²) in [6.45, 7) is 6.09. The van der Waals surface area contributed by atoms with Crippen molar-refractivity contribution in [3.63, 3.8) is 0 Å². The Kier molecular flexibility index (Phi) is 10.0. The molecule has 0 spiro atoms. The van der Waals surface area contributed by atoms with Crippen LogP contribution in [0, 0.1) is 5.92 Å². The molecule has 7 N–H and O–H groups in total. The fourth-order valence-corrected chi connectivity index (χ4v) is 1.89. The zero-order valence-electron chi connectivity index (χ0n) is 15.8. The molecule has 3 amide bonds. The van der Waals surface area contributed by atoms with Crippen molar-refractivity contribution in [2.75, 3.05) is 0 Å². The maximum absolute atomic E-state index is 12.2. The summed E-state index contributed by atoms with van der Waals surface area (Å²) in [5, 5.41) is 24.5. The molecule has 0 heterocycles. The van der Waals surface area contributed by atoms with Gasteiger partial charge in [-0.05, 0) is 26.2 Å². The van der Waals surface area contributed by atoms with Crippen LogP contribution in [0.3, 0.4) is 0 Å². The maximum atomic E-state index is 12.2. The van der Waals surface area contributed by atoms with Crippen molar-refractivity contribution in [1.29, 1.82) is 0 Å². The molecule has 154 valence electrons. The zero-order chi connectivity index (χ0) is 21.3. The van der Waals surface area contributed by atoms with Crippen LogP contribution in [0.25, 0.3) is 0 Å². The number of hydrogen-bond acceptors (Lipinski definition) is 6. The number of carbonyl (C=O) groups excluding carboxylic acids is 3. The molecule has 0 aromatic carbocycles. The summed E-state index contributed by atoms with van der Waals surface area (Å²) < 4.78 is 0. The van der Waals surface area contributed by atoms with Gasteiger partial charge >= 0.3 is 11.9 Å². The third-order valence-electron chi connectivity index (χ3n) is 3.78. The van der Waals surface area contributed by atoms with Crippen molar-refractivity contribution in [2.24, 2.45) is 11.7 Å². The minimum Gasteiger partial charge on any atom is -0.481 e. The van der Waals surface area contributed by atoms with E-state index in [1.807, 2.05) is 0 Å². The highest BCUT2D eigenvalue weighted by molar-refractivity contribution is 5.94. The zero-order valence-corrected chi connectivity index (χ0v) is 15.8. The lowest BCUT2D eigenvalue weighted by molar-refractivity contribution is -0.142. The number of nitrogens with two attached hydrogens (primary N) is 1. The molecule has 0 fully saturated rings. The van der Waals surface area contributed by atoms with Crippen molar-refractivity contribution < 1.29 is 34.2 Å². The summed E-state index contributed by atoms with van der Waals surface area (Å²) in [6.07, 6.45) is -0.662. The topological polar surface area (TPSA) is 188 Å². The molecule has 0 aromatic heterocycles. The van der Waals surface area contributed by atoms with Crippen LogP contribution in [0.15, 0.2) is 0 Å². The molecule has 27 heavy (non-hydrogen) atoms. The Labute approximate surface area is 157 Å². The summed E-state index contributed by atoms with van der Waals surface area (Å²) in [4.78, 5) is 57.9. The first kappa shape index (κ1) is 24.3.